The Bertz CT molecular complexity index is 355. The minimum absolute atomic E-state index is 0.210. The van der Waals surface area contributed by atoms with E-state index < -0.39 is 5.97 Å². The molecule has 0 aliphatic heterocycles. The second-order valence-corrected chi connectivity index (χ2v) is 3.30. The van der Waals surface area contributed by atoms with E-state index in [9.17, 15) is 4.79 Å². The molecule has 1 aromatic rings. The van der Waals surface area contributed by atoms with E-state index in [2.05, 4.69) is 4.98 Å². The van der Waals surface area contributed by atoms with Crippen molar-refractivity contribution in [1.82, 2.24) is 4.98 Å². The van der Waals surface area contributed by atoms with Gasteiger partial charge in [0.05, 0.1) is 6.61 Å². The minimum Gasteiger partial charge on any atom is -0.478 e. The molecule has 5 heteroatoms. The first-order valence-electron chi connectivity index (χ1n) is 5.14. The van der Waals surface area contributed by atoms with Crippen LogP contribution < -0.4 is 4.90 Å². The molecule has 0 fully saturated rings. The topological polar surface area (TPSA) is 62.7 Å². The zero-order valence-corrected chi connectivity index (χ0v) is 9.51. The lowest BCUT2D eigenvalue weighted by atomic mass is 10.2. The molecule has 0 atom stereocenters. The molecule has 16 heavy (non-hydrogen) atoms. The Morgan fingerprint density at radius 1 is 1.62 bits per heavy atom. The molecule has 0 aromatic carbocycles. The highest BCUT2D eigenvalue weighted by Crippen LogP contribution is 2.15. The molecule has 0 saturated heterocycles. The normalized spacial score (nSPS) is 10.1. The monoisotopic (exact) mass is 224 g/mol. The molecule has 0 aliphatic rings. The summed E-state index contributed by atoms with van der Waals surface area (Å²) >= 11 is 0. The van der Waals surface area contributed by atoms with Gasteiger partial charge in [-0.2, -0.15) is 0 Å². The average molecular weight is 224 g/mol. The minimum atomic E-state index is -0.966. The molecule has 5 nitrogen and oxygen atoms in total. The third-order valence-electron chi connectivity index (χ3n) is 2.15. The van der Waals surface area contributed by atoms with Gasteiger partial charge in [-0.1, -0.05) is 0 Å². The molecular weight excluding hydrogens is 208 g/mol. The number of anilines is 1. The van der Waals surface area contributed by atoms with Crippen LogP contribution in [0, 0.1) is 0 Å². The van der Waals surface area contributed by atoms with Gasteiger partial charge in [0.25, 0.3) is 0 Å². The summed E-state index contributed by atoms with van der Waals surface area (Å²) in [6.45, 7) is 3.75. The van der Waals surface area contributed by atoms with Crippen LogP contribution in [0.15, 0.2) is 18.3 Å². The van der Waals surface area contributed by atoms with Crippen LogP contribution in [-0.4, -0.2) is 42.9 Å². The van der Waals surface area contributed by atoms with Crippen LogP contribution in [0.3, 0.4) is 0 Å². The van der Waals surface area contributed by atoms with Gasteiger partial charge in [0, 0.05) is 26.4 Å². The maximum atomic E-state index is 11.0. The fourth-order valence-corrected chi connectivity index (χ4v) is 1.32. The number of pyridine rings is 1. The second-order valence-electron chi connectivity index (χ2n) is 3.30. The summed E-state index contributed by atoms with van der Waals surface area (Å²) in [6, 6.07) is 3.16. The van der Waals surface area contributed by atoms with Crippen molar-refractivity contribution >= 4 is 11.8 Å². The second kappa shape index (κ2) is 6.07. The molecule has 1 aromatic heterocycles. The number of hydrogen-bond acceptors (Lipinski definition) is 4. The van der Waals surface area contributed by atoms with E-state index >= 15 is 0 Å². The Labute approximate surface area is 94.7 Å². The van der Waals surface area contributed by atoms with Gasteiger partial charge in [0.1, 0.15) is 11.4 Å². The lowest BCUT2D eigenvalue weighted by molar-refractivity contribution is 0.0697. The lowest BCUT2D eigenvalue weighted by Crippen LogP contribution is -2.25. The van der Waals surface area contributed by atoms with Crippen molar-refractivity contribution in [2.24, 2.45) is 0 Å². The van der Waals surface area contributed by atoms with Gasteiger partial charge in [-0.15, -0.1) is 0 Å². The largest absolute Gasteiger partial charge is 0.478 e. The summed E-state index contributed by atoms with van der Waals surface area (Å²) < 4.78 is 5.21. The Kier molecular flexibility index (Phi) is 4.72. The van der Waals surface area contributed by atoms with Crippen molar-refractivity contribution in [3.05, 3.63) is 23.9 Å². The summed E-state index contributed by atoms with van der Waals surface area (Å²) in [4.78, 5) is 16.8. The molecule has 1 heterocycles. The van der Waals surface area contributed by atoms with Gasteiger partial charge < -0.3 is 14.7 Å². The molecule has 0 aliphatic carbocycles. The van der Waals surface area contributed by atoms with E-state index in [-0.39, 0.29) is 5.56 Å². The van der Waals surface area contributed by atoms with E-state index in [4.69, 9.17) is 9.84 Å². The van der Waals surface area contributed by atoms with Crippen molar-refractivity contribution in [3.8, 4) is 0 Å². The first-order valence-corrected chi connectivity index (χ1v) is 5.14. The Hall–Kier alpha value is -1.62. The SMILES string of the molecule is CCOCCN(C)c1ncccc1C(=O)O. The fraction of sp³-hybridized carbons (Fsp3) is 0.455. The van der Waals surface area contributed by atoms with Crippen LogP contribution in [0.5, 0.6) is 0 Å². The maximum absolute atomic E-state index is 11.0. The smallest absolute Gasteiger partial charge is 0.339 e. The van der Waals surface area contributed by atoms with Crippen LogP contribution in [-0.2, 0) is 4.74 Å². The number of nitrogens with zero attached hydrogens (tertiary/aromatic N) is 2. The van der Waals surface area contributed by atoms with Crippen molar-refractivity contribution in [1.29, 1.82) is 0 Å². The quantitative estimate of drug-likeness (QED) is 0.737. The van der Waals surface area contributed by atoms with E-state index in [1.807, 2.05) is 6.92 Å². The van der Waals surface area contributed by atoms with Crippen LogP contribution >= 0.6 is 0 Å². The standard InChI is InChI=1S/C11H16N2O3/c1-3-16-8-7-13(2)10-9(11(14)15)5-4-6-12-10/h4-6H,3,7-8H2,1-2H3,(H,14,15). The van der Waals surface area contributed by atoms with Crippen molar-refractivity contribution in [3.63, 3.8) is 0 Å². The van der Waals surface area contributed by atoms with Gasteiger partial charge in [0.2, 0.25) is 0 Å². The zero-order valence-electron chi connectivity index (χ0n) is 9.51. The van der Waals surface area contributed by atoms with E-state index in [1.54, 1.807) is 30.3 Å². The van der Waals surface area contributed by atoms with Crippen molar-refractivity contribution in [2.75, 3.05) is 31.7 Å². The third kappa shape index (κ3) is 3.20. The van der Waals surface area contributed by atoms with Gasteiger partial charge in [0.15, 0.2) is 0 Å². The number of aromatic nitrogens is 1. The summed E-state index contributed by atoms with van der Waals surface area (Å²) in [5.74, 6) is -0.499. The average Bonchev–Trinajstić information content (AvgIpc) is 2.29. The molecule has 0 amide bonds. The Morgan fingerprint density at radius 3 is 3.00 bits per heavy atom. The first kappa shape index (κ1) is 12.4. The number of ether oxygens (including phenoxy) is 1. The highest BCUT2D eigenvalue weighted by molar-refractivity contribution is 5.93. The fourth-order valence-electron chi connectivity index (χ4n) is 1.32. The third-order valence-corrected chi connectivity index (χ3v) is 2.15. The summed E-state index contributed by atoms with van der Waals surface area (Å²) in [5, 5.41) is 8.99. The zero-order chi connectivity index (χ0) is 12.0. The van der Waals surface area contributed by atoms with E-state index in [1.165, 1.54) is 0 Å². The molecule has 0 saturated carbocycles. The summed E-state index contributed by atoms with van der Waals surface area (Å²) in [5.41, 5.74) is 0.210. The molecule has 88 valence electrons. The van der Waals surface area contributed by atoms with Crippen LogP contribution in [0.25, 0.3) is 0 Å². The predicted molar refractivity (Wildman–Crippen MR) is 61.0 cm³/mol. The molecule has 0 spiro atoms. The van der Waals surface area contributed by atoms with Crippen molar-refractivity contribution < 1.29 is 14.6 Å². The van der Waals surface area contributed by atoms with Gasteiger partial charge in [-0.3, -0.25) is 0 Å². The Morgan fingerprint density at radius 2 is 2.38 bits per heavy atom. The number of carboxylic acids is 1. The van der Waals surface area contributed by atoms with Crippen LogP contribution in [0.4, 0.5) is 5.82 Å². The summed E-state index contributed by atoms with van der Waals surface area (Å²) in [6.07, 6.45) is 1.58. The molecule has 0 unspecified atom stereocenters. The van der Waals surface area contributed by atoms with Crippen molar-refractivity contribution in [2.45, 2.75) is 6.92 Å². The predicted octanol–water partition coefficient (Wildman–Crippen LogP) is 1.25. The van der Waals surface area contributed by atoms with Crippen LogP contribution in [0.1, 0.15) is 17.3 Å². The van der Waals surface area contributed by atoms with Crippen LogP contribution in [0.2, 0.25) is 0 Å². The molecule has 1 rings (SSSR count). The van der Waals surface area contributed by atoms with Gasteiger partial charge >= 0.3 is 5.97 Å². The van der Waals surface area contributed by atoms with E-state index in [0.717, 1.165) is 0 Å². The number of hydrogen-bond donors (Lipinski definition) is 1. The number of aromatic carboxylic acids is 1. The molecule has 0 bridgehead atoms. The number of likely N-dealkylation sites (N-methyl/N-ethyl adjacent to an activating group) is 1. The molecule has 1 N–H and O–H groups in total. The van der Waals surface area contributed by atoms with E-state index in [0.29, 0.717) is 25.6 Å². The lowest BCUT2D eigenvalue weighted by Gasteiger charge is -2.19. The highest BCUT2D eigenvalue weighted by atomic mass is 16.5. The highest BCUT2D eigenvalue weighted by Gasteiger charge is 2.13. The number of carbonyl (C=O) groups is 1. The number of carboxylic acid groups (broad SMARTS) is 1. The van der Waals surface area contributed by atoms with Gasteiger partial charge in [-0.25, -0.2) is 9.78 Å². The Balaban J connectivity index is 2.74. The molecule has 0 radical (unpaired) electrons. The molecular formula is C11H16N2O3. The summed E-state index contributed by atoms with van der Waals surface area (Å²) in [7, 11) is 1.80. The van der Waals surface area contributed by atoms with Gasteiger partial charge in [-0.05, 0) is 19.1 Å². The maximum Gasteiger partial charge on any atom is 0.339 e. The first-order chi connectivity index (χ1) is 7.66. The number of rotatable bonds is 6.